The lowest BCUT2D eigenvalue weighted by molar-refractivity contribution is 0.478. The summed E-state index contributed by atoms with van der Waals surface area (Å²) in [6, 6.07) is 5.02. The lowest BCUT2D eigenvalue weighted by atomic mass is 10.1. The van der Waals surface area contributed by atoms with Crippen LogP contribution in [0, 0.1) is 13.8 Å². The largest absolute Gasteiger partial charge is 0.373 e. The second-order valence-corrected chi connectivity index (χ2v) is 4.28. The number of anilines is 1. The van der Waals surface area contributed by atoms with Crippen molar-refractivity contribution in [3.05, 3.63) is 29.3 Å². The molecule has 0 aliphatic carbocycles. The van der Waals surface area contributed by atoms with Crippen molar-refractivity contribution in [3.63, 3.8) is 0 Å². The molecular weight excluding hydrogens is 204 g/mol. The Kier molecular flexibility index (Phi) is 2.79. The van der Waals surface area contributed by atoms with Gasteiger partial charge in [-0.3, -0.25) is 4.55 Å². The van der Waals surface area contributed by atoms with E-state index in [1.54, 1.807) is 13.0 Å². The summed E-state index contributed by atoms with van der Waals surface area (Å²) in [4.78, 5) is 0. The normalized spacial score (nSPS) is 11.4. The first-order valence-electron chi connectivity index (χ1n) is 3.92. The lowest BCUT2D eigenvalue weighted by Crippen LogP contribution is -2.37. The van der Waals surface area contributed by atoms with Gasteiger partial charge in [-0.25, -0.2) is 5.84 Å². The first kappa shape index (κ1) is 11.0. The summed E-state index contributed by atoms with van der Waals surface area (Å²) in [7, 11) is -4.38. The van der Waals surface area contributed by atoms with Gasteiger partial charge >= 0.3 is 10.3 Å². The fraction of sp³-hybridized carbons (Fsp3) is 0.250. The van der Waals surface area contributed by atoms with Crippen molar-refractivity contribution in [2.24, 2.45) is 5.84 Å². The topological polar surface area (TPSA) is 83.6 Å². The predicted molar refractivity (Wildman–Crippen MR) is 54.1 cm³/mol. The van der Waals surface area contributed by atoms with Gasteiger partial charge in [-0.05, 0) is 31.0 Å². The molecule has 78 valence electrons. The monoisotopic (exact) mass is 216 g/mol. The van der Waals surface area contributed by atoms with E-state index < -0.39 is 10.3 Å². The molecule has 0 unspecified atom stereocenters. The van der Waals surface area contributed by atoms with Gasteiger partial charge in [0.05, 0.1) is 5.69 Å². The maximum atomic E-state index is 10.8. The third-order valence-corrected chi connectivity index (χ3v) is 2.76. The average molecular weight is 216 g/mol. The van der Waals surface area contributed by atoms with Crippen molar-refractivity contribution >= 4 is 16.0 Å². The Morgan fingerprint density at radius 1 is 1.36 bits per heavy atom. The molecule has 6 heteroatoms. The fourth-order valence-electron chi connectivity index (χ4n) is 1.10. The van der Waals surface area contributed by atoms with E-state index in [9.17, 15) is 8.42 Å². The lowest BCUT2D eigenvalue weighted by Gasteiger charge is -2.17. The molecule has 0 saturated heterocycles. The van der Waals surface area contributed by atoms with E-state index in [1.807, 2.05) is 13.0 Å². The van der Waals surface area contributed by atoms with Crippen molar-refractivity contribution in [2.45, 2.75) is 13.8 Å². The SMILES string of the molecule is Cc1cccc(N(N)S(=O)(=O)O)c1C. The summed E-state index contributed by atoms with van der Waals surface area (Å²) in [5.74, 6) is 5.24. The van der Waals surface area contributed by atoms with E-state index in [4.69, 9.17) is 10.4 Å². The molecule has 0 aromatic heterocycles. The summed E-state index contributed by atoms with van der Waals surface area (Å²) < 4.78 is 30.6. The highest BCUT2D eigenvalue weighted by molar-refractivity contribution is 7.87. The highest BCUT2D eigenvalue weighted by atomic mass is 32.2. The Morgan fingerprint density at radius 3 is 2.43 bits per heavy atom. The molecule has 0 bridgehead atoms. The molecular formula is C8H12N2O3S. The van der Waals surface area contributed by atoms with Crippen LogP contribution in [-0.4, -0.2) is 13.0 Å². The van der Waals surface area contributed by atoms with Gasteiger partial charge in [0.2, 0.25) is 0 Å². The van der Waals surface area contributed by atoms with Gasteiger partial charge in [-0.15, -0.1) is 0 Å². The molecule has 14 heavy (non-hydrogen) atoms. The van der Waals surface area contributed by atoms with Crippen molar-refractivity contribution in [1.82, 2.24) is 0 Å². The minimum atomic E-state index is -4.38. The van der Waals surface area contributed by atoms with E-state index in [-0.39, 0.29) is 5.69 Å². The first-order chi connectivity index (χ1) is 6.34. The van der Waals surface area contributed by atoms with Crippen LogP contribution >= 0.6 is 0 Å². The zero-order valence-electron chi connectivity index (χ0n) is 7.93. The van der Waals surface area contributed by atoms with E-state index >= 15 is 0 Å². The van der Waals surface area contributed by atoms with Crippen LogP contribution in [0.15, 0.2) is 18.2 Å². The molecule has 5 nitrogen and oxygen atoms in total. The third kappa shape index (κ3) is 2.03. The zero-order chi connectivity index (χ0) is 10.9. The average Bonchev–Trinajstić information content (AvgIpc) is 2.07. The Bertz CT molecular complexity index is 442. The van der Waals surface area contributed by atoms with Crippen molar-refractivity contribution in [3.8, 4) is 0 Å². The summed E-state index contributed by atoms with van der Waals surface area (Å²) in [5, 5.41) is 0. The molecule has 1 aromatic rings. The van der Waals surface area contributed by atoms with E-state index in [2.05, 4.69) is 0 Å². The second-order valence-electron chi connectivity index (χ2n) is 2.99. The summed E-state index contributed by atoms with van der Waals surface area (Å²) in [6.07, 6.45) is 0. The first-order valence-corrected chi connectivity index (χ1v) is 5.32. The summed E-state index contributed by atoms with van der Waals surface area (Å²) in [6.45, 7) is 3.56. The highest BCUT2D eigenvalue weighted by Crippen LogP contribution is 2.21. The number of nitrogens with zero attached hydrogens (tertiary/aromatic N) is 1. The Labute approximate surface area is 83.0 Å². The molecule has 3 N–H and O–H groups in total. The number of rotatable bonds is 2. The fourth-order valence-corrected chi connectivity index (χ4v) is 1.54. The third-order valence-electron chi connectivity index (χ3n) is 2.06. The molecule has 1 rings (SSSR count). The van der Waals surface area contributed by atoms with Crippen LogP contribution in [0.5, 0.6) is 0 Å². The molecule has 1 aromatic carbocycles. The maximum absolute atomic E-state index is 10.8. The summed E-state index contributed by atoms with van der Waals surface area (Å²) >= 11 is 0. The second kappa shape index (κ2) is 3.56. The number of benzene rings is 1. The van der Waals surface area contributed by atoms with Gasteiger partial charge in [0, 0.05) is 0 Å². The van der Waals surface area contributed by atoms with E-state index in [0.717, 1.165) is 5.56 Å². The van der Waals surface area contributed by atoms with Crippen LogP contribution in [0.2, 0.25) is 0 Å². The van der Waals surface area contributed by atoms with E-state index in [0.29, 0.717) is 9.98 Å². The van der Waals surface area contributed by atoms with Gasteiger partial charge in [0.25, 0.3) is 0 Å². The molecule has 0 atom stereocenters. The van der Waals surface area contributed by atoms with Crippen LogP contribution in [-0.2, 0) is 10.3 Å². The van der Waals surface area contributed by atoms with Gasteiger partial charge in [0.15, 0.2) is 0 Å². The molecule has 0 fully saturated rings. The van der Waals surface area contributed by atoms with Crippen molar-refractivity contribution < 1.29 is 13.0 Å². The van der Waals surface area contributed by atoms with Crippen molar-refractivity contribution in [2.75, 3.05) is 4.41 Å². The van der Waals surface area contributed by atoms with Crippen LogP contribution in [0.25, 0.3) is 0 Å². The van der Waals surface area contributed by atoms with Crippen LogP contribution < -0.4 is 10.3 Å². The highest BCUT2D eigenvalue weighted by Gasteiger charge is 2.17. The zero-order valence-corrected chi connectivity index (χ0v) is 8.75. The minimum absolute atomic E-state index is 0.271. The Hall–Kier alpha value is -1.11. The predicted octanol–water partition coefficient (Wildman–Crippen LogP) is 0.786. The number of aryl methyl sites for hydroxylation is 1. The molecule has 0 amide bonds. The van der Waals surface area contributed by atoms with Crippen molar-refractivity contribution in [1.29, 1.82) is 0 Å². The van der Waals surface area contributed by atoms with Crippen LogP contribution in [0.1, 0.15) is 11.1 Å². The molecule has 0 spiro atoms. The van der Waals surface area contributed by atoms with Crippen LogP contribution in [0.3, 0.4) is 0 Å². The van der Waals surface area contributed by atoms with Gasteiger partial charge in [0.1, 0.15) is 0 Å². The Balaban J connectivity index is 3.28. The summed E-state index contributed by atoms with van der Waals surface area (Å²) in [5.41, 5.74) is 1.89. The Morgan fingerprint density at radius 2 is 1.93 bits per heavy atom. The van der Waals surface area contributed by atoms with Gasteiger partial charge < -0.3 is 0 Å². The number of hydrazine groups is 1. The smallest absolute Gasteiger partial charge is 0.268 e. The molecule has 0 saturated carbocycles. The standard InChI is InChI=1S/C8H12N2O3S/c1-6-4-3-5-8(7(6)2)10(9)14(11,12)13/h3-5H,9H2,1-2H3,(H,11,12,13). The quantitative estimate of drug-likeness (QED) is 0.435. The number of hydrogen-bond donors (Lipinski definition) is 2. The van der Waals surface area contributed by atoms with E-state index in [1.165, 1.54) is 6.07 Å². The van der Waals surface area contributed by atoms with Gasteiger partial charge in [-0.1, -0.05) is 12.1 Å². The molecule has 0 heterocycles. The maximum Gasteiger partial charge on any atom is 0.373 e. The molecule has 0 radical (unpaired) electrons. The van der Waals surface area contributed by atoms with Gasteiger partial charge in [-0.2, -0.15) is 12.8 Å². The van der Waals surface area contributed by atoms with Crippen LogP contribution in [0.4, 0.5) is 5.69 Å². The molecule has 0 aliphatic heterocycles. The number of hydrogen-bond acceptors (Lipinski definition) is 3. The number of nitrogens with two attached hydrogens (primary N) is 1. The minimum Gasteiger partial charge on any atom is -0.268 e. The molecule has 0 aliphatic rings.